The lowest BCUT2D eigenvalue weighted by Gasteiger charge is -2.12. The Hall–Kier alpha value is -1.03. The molecule has 11 heteroatoms. The molecule has 0 unspecified atom stereocenters. The summed E-state index contributed by atoms with van der Waals surface area (Å²) in [5.74, 6) is -2.04. The van der Waals surface area contributed by atoms with Crippen molar-refractivity contribution in [3.8, 4) is 0 Å². The summed E-state index contributed by atoms with van der Waals surface area (Å²) < 4.78 is 19.1. The van der Waals surface area contributed by atoms with E-state index < -0.39 is 38.5 Å². The topological polar surface area (TPSA) is 182 Å². The highest BCUT2D eigenvalue weighted by atomic mass is 31.2. The standard InChI is InChI=1S/C8H17N2O8P/c9-5(7(11)12)1-3-17-8(13)6(10)2-4-18-19(14,15)16/h5-6H,1-4,9-10H2,(H,11,12)(H2,14,15,16)/t5-,6-/m0/s1. The first kappa shape index (κ1) is 18.0. The zero-order valence-corrected chi connectivity index (χ0v) is 10.9. The molecule has 0 aliphatic rings. The van der Waals surface area contributed by atoms with Crippen molar-refractivity contribution in [2.24, 2.45) is 11.5 Å². The molecule has 0 saturated heterocycles. The number of nitrogens with two attached hydrogens (primary N) is 2. The summed E-state index contributed by atoms with van der Waals surface area (Å²) >= 11 is 0. The Bertz CT molecular complexity index is 357. The molecule has 0 amide bonds. The van der Waals surface area contributed by atoms with Gasteiger partial charge in [-0.2, -0.15) is 0 Å². The summed E-state index contributed by atoms with van der Waals surface area (Å²) in [6.45, 7) is -0.617. The summed E-state index contributed by atoms with van der Waals surface area (Å²) in [6, 6.07) is -2.25. The summed E-state index contributed by atoms with van der Waals surface area (Å²) in [4.78, 5) is 38.4. The highest BCUT2D eigenvalue weighted by molar-refractivity contribution is 7.46. The van der Waals surface area contributed by atoms with E-state index in [9.17, 15) is 14.2 Å². The Balaban J connectivity index is 3.82. The first-order chi connectivity index (χ1) is 8.63. The molecule has 0 bridgehead atoms. The van der Waals surface area contributed by atoms with Gasteiger partial charge in [-0.15, -0.1) is 0 Å². The van der Waals surface area contributed by atoms with Crippen molar-refractivity contribution in [1.82, 2.24) is 0 Å². The van der Waals surface area contributed by atoms with Crippen molar-refractivity contribution in [3.63, 3.8) is 0 Å². The third kappa shape index (κ3) is 9.54. The van der Waals surface area contributed by atoms with Gasteiger partial charge in [0.1, 0.15) is 12.1 Å². The van der Waals surface area contributed by atoms with E-state index in [0.29, 0.717) is 0 Å². The lowest BCUT2D eigenvalue weighted by atomic mass is 10.2. The smallest absolute Gasteiger partial charge is 0.469 e. The number of carboxylic acids is 1. The summed E-state index contributed by atoms with van der Waals surface area (Å²) in [7, 11) is -4.59. The van der Waals surface area contributed by atoms with Crippen molar-refractivity contribution < 1.29 is 38.3 Å². The Kier molecular flexibility index (Phi) is 7.76. The normalized spacial score (nSPS) is 14.7. The number of aliphatic carboxylic acids is 1. The molecule has 0 spiro atoms. The van der Waals surface area contributed by atoms with Crippen molar-refractivity contribution in [2.45, 2.75) is 24.9 Å². The quantitative estimate of drug-likeness (QED) is 0.239. The van der Waals surface area contributed by atoms with Gasteiger partial charge in [-0.25, -0.2) is 4.57 Å². The van der Waals surface area contributed by atoms with E-state index in [4.69, 9.17) is 26.4 Å². The van der Waals surface area contributed by atoms with Crippen LogP contribution in [0.2, 0.25) is 0 Å². The second kappa shape index (κ2) is 8.20. The Morgan fingerprint density at radius 3 is 2.11 bits per heavy atom. The fourth-order valence-corrected chi connectivity index (χ4v) is 1.28. The molecular formula is C8H17N2O8P. The van der Waals surface area contributed by atoms with Gasteiger partial charge >= 0.3 is 19.8 Å². The molecule has 2 atom stereocenters. The second-order valence-electron chi connectivity index (χ2n) is 3.62. The van der Waals surface area contributed by atoms with Crippen LogP contribution in [-0.4, -0.2) is 52.1 Å². The van der Waals surface area contributed by atoms with Gasteiger partial charge in [0.15, 0.2) is 0 Å². The summed E-state index contributed by atoms with van der Waals surface area (Å²) in [5, 5.41) is 8.47. The van der Waals surface area contributed by atoms with E-state index in [2.05, 4.69) is 9.26 Å². The molecule has 112 valence electrons. The monoisotopic (exact) mass is 300 g/mol. The maximum atomic E-state index is 11.3. The lowest BCUT2D eigenvalue weighted by molar-refractivity contribution is -0.147. The van der Waals surface area contributed by atoms with Crippen LogP contribution in [0.25, 0.3) is 0 Å². The van der Waals surface area contributed by atoms with Gasteiger partial charge < -0.3 is 31.1 Å². The minimum absolute atomic E-state index is 0.0627. The van der Waals surface area contributed by atoms with E-state index in [1.165, 1.54) is 0 Å². The van der Waals surface area contributed by atoms with Crippen LogP contribution in [0.15, 0.2) is 0 Å². The van der Waals surface area contributed by atoms with Crippen LogP contribution in [0.3, 0.4) is 0 Å². The molecule has 0 heterocycles. The highest BCUT2D eigenvalue weighted by Gasteiger charge is 2.19. The van der Waals surface area contributed by atoms with E-state index in [-0.39, 0.29) is 19.4 Å². The largest absolute Gasteiger partial charge is 0.480 e. The van der Waals surface area contributed by atoms with Crippen molar-refractivity contribution >= 4 is 19.8 Å². The van der Waals surface area contributed by atoms with Gasteiger partial charge in [0.2, 0.25) is 0 Å². The molecule has 0 aliphatic carbocycles. The summed E-state index contributed by atoms with van der Waals surface area (Å²) in [6.07, 6.45) is -0.207. The van der Waals surface area contributed by atoms with Crippen LogP contribution in [-0.2, 0) is 23.4 Å². The van der Waals surface area contributed by atoms with E-state index in [1.807, 2.05) is 0 Å². The molecule has 7 N–H and O–H groups in total. The third-order valence-corrected chi connectivity index (χ3v) is 2.50. The van der Waals surface area contributed by atoms with Gasteiger partial charge in [-0.3, -0.25) is 14.1 Å². The van der Waals surface area contributed by atoms with Gasteiger partial charge in [0, 0.05) is 6.42 Å². The number of rotatable bonds is 9. The number of carbonyl (C=O) groups is 2. The van der Waals surface area contributed by atoms with Crippen molar-refractivity contribution in [1.29, 1.82) is 0 Å². The number of phosphoric ester groups is 1. The maximum absolute atomic E-state index is 11.3. The van der Waals surface area contributed by atoms with Crippen molar-refractivity contribution in [2.75, 3.05) is 13.2 Å². The van der Waals surface area contributed by atoms with E-state index in [1.54, 1.807) is 0 Å². The molecule has 0 saturated carbocycles. The number of hydrogen-bond acceptors (Lipinski definition) is 7. The van der Waals surface area contributed by atoms with Crippen LogP contribution in [0.4, 0.5) is 0 Å². The maximum Gasteiger partial charge on any atom is 0.469 e. The molecule has 0 aromatic rings. The van der Waals surface area contributed by atoms with Crippen LogP contribution >= 0.6 is 7.82 Å². The molecule has 0 aromatic heterocycles. The summed E-state index contributed by atoms with van der Waals surface area (Å²) in [5.41, 5.74) is 10.5. The molecule has 10 nitrogen and oxygen atoms in total. The zero-order valence-electron chi connectivity index (χ0n) is 9.97. The zero-order chi connectivity index (χ0) is 15.1. The Morgan fingerprint density at radius 1 is 1.11 bits per heavy atom. The first-order valence-corrected chi connectivity index (χ1v) is 6.77. The molecule has 0 radical (unpaired) electrons. The number of phosphoric acid groups is 1. The molecule has 19 heavy (non-hydrogen) atoms. The average molecular weight is 300 g/mol. The van der Waals surface area contributed by atoms with Crippen LogP contribution in [0, 0.1) is 0 Å². The minimum Gasteiger partial charge on any atom is -0.480 e. The minimum atomic E-state index is -4.59. The Labute approximate surface area is 108 Å². The molecule has 0 rings (SSSR count). The molecule has 0 aromatic carbocycles. The third-order valence-electron chi connectivity index (χ3n) is 1.98. The van der Waals surface area contributed by atoms with E-state index >= 15 is 0 Å². The predicted octanol–water partition coefficient (Wildman–Crippen LogP) is -1.84. The molecule has 0 fully saturated rings. The van der Waals surface area contributed by atoms with E-state index in [0.717, 1.165) is 0 Å². The number of carboxylic acid groups (broad SMARTS) is 1. The van der Waals surface area contributed by atoms with Gasteiger partial charge in [-0.05, 0) is 6.42 Å². The van der Waals surface area contributed by atoms with Gasteiger partial charge in [-0.1, -0.05) is 0 Å². The van der Waals surface area contributed by atoms with Crippen LogP contribution in [0.1, 0.15) is 12.8 Å². The number of hydrogen-bond donors (Lipinski definition) is 5. The van der Waals surface area contributed by atoms with Crippen molar-refractivity contribution in [3.05, 3.63) is 0 Å². The Morgan fingerprint density at radius 2 is 1.63 bits per heavy atom. The predicted molar refractivity (Wildman–Crippen MR) is 61.8 cm³/mol. The van der Waals surface area contributed by atoms with Gasteiger partial charge in [0.25, 0.3) is 0 Å². The fraction of sp³-hybridized carbons (Fsp3) is 0.750. The average Bonchev–Trinajstić information content (AvgIpc) is 2.26. The van der Waals surface area contributed by atoms with Gasteiger partial charge in [0.05, 0.1) is 13.2 Å². The lowest BCUT2D eigenvalue weighted by Crippen LogP contribution is -2.35. The number of esters is 1. The highest BCUT2D eigenvalue weighted by Crippen LogP contribution is 2.35. The number of ether oxygens (including phenoxy) is 1. The molecule has 0 aliphatic heterocycles. The van der Waals surface area contributed by atoms with Crippen LogP contribution < -0.4 is 11.5 Å². The first-order valence-electron chi connectivity index (χ1n) is 5.24. The SMILES string of the molecule is N[C@@H](CCOC(=O)[C@@H](N)CCOP(=O)(O)O)C(=O)O. The van der Waals surface area contributed by atoms with Crippen LogP contribution in [0.5, 0.6) is 0 Å². The second-order valence-corrected chi connectivity index (χ2v) is 4.86. The molecular weight excluding hydrogens is 283 g/mol. The fourth-order valence-electron chi connectivity index (χ4n) is 0.933. The number of carbonyl (C=O) groups excluding carboxylic acids is 1.